The summed E-state index contributed by atoms with van der Waals surface area (Å²) in [7, 11) is 1.68. The molecular formula is C29H35ClF4N6O2. The summed E-state index contributed by atoms with van der Waals surface area (Å²) in [5.74, 6) is 0.0202. The van der Waals surface area contributed by atoms with E-state index in [0.717, 1.165) is 17.7 Å². The number of anilines is 2. The third-order valence-corrected chi connectivity index (χ3v) is 7.16. The standard InChI is InChI=1S/C29H35ClF4N6O2/c1-18-7-6-8-22(31)25(18)39-13-11-20(12-14-39)40(27(41)42-28(2,3)4)17-19-16-38(5)37-26(19)35-15-23-21(29(32,33)34)9-10-24(30)36-23/h6-10,16,20H,11-15,17H2,1-5H3,(H,35,37). The predicted octanol–water partition coefficient (Wildman–Crippen LogP) is 6.95. The van der Waals surface area contributed by atoms with Gasteiger partial charge in [0.15, 0.2) is 5.82 Å². The second-order valence-electron chi connectivity index (χ2n) is 11.4. The van der Waals surface area contributed by atoms with E-state index in [1.165, 1.54) is 10.7 Å². The van der Waals surface area contributed by atoms with Gasteiger partial charge in [-0.2, -0.15) is 18.3 Å². The molecule has 1 aliphatic heterocycles. The molecule has 0 bridgehead atoms. The molecule has 1 aromatic carbocycles. The van der Waals surface area contributed by atoms with Crippen LogP contribution >= 0.6 is 11.6 Å². The first-order valence-corrected chi connectivity index (χ1v) is 14.0. The number of pyridine rings is 1. The van der Waals surface area contributed by atoms with Gasteiger partial charge in [-0.1, -0.05) is 23.7 Å². The summed E-state index contributed by atoms with van der Waals surface area (Å²) in [6, 6.07) is 6.75. The van der Waals surface area contributed by atoms with Crippen molar-refractivity contribution in [3.63, 3.8) is 0 Å². The number of hydrogen-bond donors (Lipinski definition) is 1. The van der Waals surface area contributed by atoms with Crippen molar-refractivity contribution in [2.75, 3.05) is 23.3 Å². The Labute approximate surface area is 247 Å². The number of para-hydroxylation sites is 1. The molecule has 0 saturated carbocycles. The molecule has 1 aliphatic rings. The SMILES string of the molecule is Cc1cccc(F)c1N1CCC(N(Cc2cn(C)nc2NCc2nc(Cl)ccc2C(F)(F)F)C(=O)OC(C)(C)C)CC1. The first-order chi connectivity index (χ1) is 19.6. The van der Waals surface area contributed by atoms with E-state index in [1.54, 1.807) is 45.0 Å². The number of alkyl halides is 3. The number of rotatable bonds is 7. The van der Waals surface area contributed by atoms with Crippen LogP contribution in [0.5, 0.6) is 0 Å². The molecule has 2 aromatic heterocycles. The fraction of sp³-hybridized carbons (Fsp3) is 0.483. The fourth-order valence-corrected chi connectivity index (χ4v) is 5.27. The zero-order valence-corrected chi connectivity index (χ0v) is 25.0. The van der Waals surface area contributed by atoms with Gasteiger partial charge in [0.1, 0.15) is 16.6 Å². The smallest absolute Gasteiger partial charge is 0.418 e. The quantitative estimate of drug-likeness (QED) is 0.230. The minimum atomic E-state index is -4.61. The Balaban J connectivity index is 1.55. The van der Waals surface area contributed by atoms with Crippen LogP contribution in [0, 0.1) is 12.7 Å². The lowest BCUT2D eigenvalue weighted by molar-refractivity contribution is -0.138. The Morgan fingerprint density at radius 3 is 2.48 bits per heavy atom. The Morgan fingerprint density at radius 1 is 1.17 bits per heavy atom. The predicted molar refractivity (Wildman–Crippen MR) is 153 cm³/mol. The van der Waals surface area contributed by atoms with E-state index in [0.29, 0.717) is 43.0 Å². The molecular weight excluding hydrogens is 576 g/mol. The third-order valence-electron chi connectivity index (χ3n) is 6.95. The molecule has 0 spiro atoms. The number of amides is 1. The second-order valence-corrected chi connectivity index (χ2v) is 11.8. The summed E-state index contributed by atoms with van der Waals surface area (Å²) in [6.07, 6.45) is -2.29. The lowest BCUT2D eigenvalue weighted by Gasteiger charge is -2.40. The number of aromatic nitrogens is 3. The van der Waals surface area contributed by atoms with Gasteiger partial charge in [0.25, 0.3) is 0 Å². The van der Waals surface area contributed by atoms with Crippen molar-refractivity contribution in [2.45, 2.75) is 71.4 Å². The molecule has 1 saturated heterocycles. The average molecular weight is 611 g/mol. The average Bonchev–Trinajstić information content (AvgIpc) is 3.23. The zero-order valence-electron chi connectivity index (χ0n) is 24.2. The van der Waals surface area contributed by atoms with Gasteiger partial charge in [-0.3, -0.25) is 4.68 Å². The molecule has 0 radical (unpaired) electrons. The molecule has 0 aliphatic carbocycles. The lowest BCUT2D eigenvalue weighted by atomic mass is 10.0. The first-order valence-electron chi connectivity index (χ1n) is 13.6. The van der Waals surface area contributed by atoms with Crippen molar-refractivity contribution in [1.29, 1.82) is 0 Å². The summed E-state index contributed by atoms with van der Waals surface area (Å²) in [5, 5.41) is 7.26. The van der Waals surface area contributed by atoms with Gasteiger partial charge in [0.05, 0.1) is 30.0 Å². The summed E-state index contributed by atoms with van der Waals surface area (Å²) in [5.41, 5.74) is 0.0716. The molecule has 228 valence electrons. The van der Waals surface area contributed by atoms with E-state index in [4.69, 9.17) is 16.3 Å². The molecule has 8 nitrogen and oxygen atoms in total. The number of nitrogens with zero attached hydrogens (tertiary/aromatic N) is 5. The number of carbonyl (C=O) groups is 1. The van der Waals surface area contributed by atoms with Gasteiger partial charge in [-0.25, -0.2) is 14.2 Å². The van der Waals surface area contributed by atoms with Crippen molar-refractivity contribution in [3.8, 4) is 0 Å². The number of benzene rings is 1. The minimum absolute atomic E-state index is 0.0611. The van der Waals surface area contributed by atoms with Crippen LogP contribution in [0.1, 0.15) is 56.0 Å². The molecule has 3 heterocycles. The van der Waals surface area contributed by atoms with E-state index in [-0.39, 0.29) is 35.8 Å². The number of piperidine rings is 1. The van der Waals surface area contributed by atoms with Crippen molar-refractivity contribution in [3.05, 3.63) is 69.9 Å². The lowest BCUT2D eigenvalue weighted by Crippen LogP contribution is -2.48. The van der Waals surface area contributed by atoms with Crippen molar-refractivity contribution >= 4 is 29.2 Å². The van der Waals surface area contributed by atoms with Crippen molar-refractivity contribution in [1.82, 2.24) is 19.7 Å². The summed E-state index contributed by atoms with van der Waals surface area (Å²) in [6.45, 7) is 8.08. The molecule has 13 heteroatoms. The van der Waals surface area contributed by atoms with Crippen LogP contribution in [0.3, 0.4) is 0 Å². The van der Waals surface area contributed by atoms with Gasteiger partial charge in [0, 0.05) is 37.9 Å². The first kappa shape index (κ1) is 31.4. The number of ether oxygens (including phenoxy) is 1. The summed E-state index contributed by atoms with van der Waals surface area (Å²) >= 11 is 5.88. The fourth-order valence-electron chi connectivity index (χ4n) is 5.11. The molecule has 3 aromatic rings. The number of hydrogen-bond acceptors (Lipinski definition) is 6. The van der Waals surface area contributed by atoms with Crippen LogP contribution in [0.2, 0.25) is 5.15 Å². The van der Waals surface area contributed by atoms with Crippen LogP contribution in [0.4, 0.5) is 33.9 Å². The van der Waals surface area contributed by atoms with E-state index >= 15 is 0 Å². The maximum absolute atomic E-state index is 14.6. The Kier molecular flexibility index (Phi) is 9.24. The van der Waals surface area contributed by atoms with Crippen LogP contribution in [0.25, 0.3) is 0 Å². The number of aryl methyl sites for hydroxylation is 2. The van der Waals surface area contributed by atoms with Gasteiger partial charge in [-0.05, 0) is 64.3 Å². The highest BCUT2D eigenvalue weighted by atomic mass is 35.5. The van der Waals surface area contributed by atoms with Crippen LogP contribution in [-0.2, 0) is 31.1 Å². The van der Waals surface area contributed by atoms with Crippen LogP contribution in [-0.4, -0.2) is 50.5 Å². The number of nitrogens with one attached hydrogen (secondary N) is 1. The van der Waals surface area contributed by atoms with Crippen molar-refractivity contribution < 1.29 is 27.1 Å². The highest BCUT2D eigenvalue weighted by Gasteiger charge is 2.35. The highest BCUT2D eigenvalue weighted by molar-refractivity contribution is 6.29. The largest absolute Gasteiger partial charge is 0.444 e. The van der Waals surface area contributed by atoms with E-state index in [2.05, 4.69) is 15.4 Å². The molecule has 1 N–H and O–H groups in total. The van der Waals surface area contributed by atoms with Crippen LogP contribution < -0.4 is 10.2 Å². The normalized spacial score (nSPS) is 14.7. The van der Waals surface area contributed by atoms with E-state index < -0.39 is 23.4 Å². The molecule has 1 amide bonds. The maximum Gasteiger partial charge on any atom is 0.418 e. The molecule has 42 heavy (non-hydrogen) atoms. The molecule has 1 fully saturated rings. The minimum Gasteiger partial charge on any atom is -0.444 e. The Hall–Kier alpha value is -3.54. The number of carbonyl (C=O) groups excluding carboxylic acids is 1. The second kappa shape index (κ2) is 12.4. The monoisotopic (exact) mass is 610 g/mol. The van der Waals surface area contributed by atoms with Gasteiger partial charge < -0.3 is 19.9 Å². The van der Waals surface area contributed by atoms with E-state index in [9.17, 15) is 22.4 Å². The zero-order chi connectivity index (χ0) is 30.8. The topological polar surface area (TPSA) is 75.5 Å². The maximum atomic E-state index is 14.6. The molecule has 0 unspecified atom stereocenters. The van der Waals surface area contributed by atoms with Gasteiger partial charge in [0.2, 0.25) is 0 Å². The highest BCUT2D eigenvalue weighted by Crippen LogP contribution is 2.33. The number of halogens is 5. The molecule has 4 rings (SSSR count). The summed E-state index contributed by atoms with van der Waals surface area (Å²) in [4.78, 5) is 20.9. The van der Waals surface area contributed by atoms with Crippen LogP contribution in [0.15, 0.2) is 36.5 Å². The van der Waals surface area contributed by atoms with Gasteiger partial charge in [-0.15, -0.1) is 0 Å². The van der Waals surface area contributed by atoms with Crippen molar-refractivity contribution in [2.24, 2.45) is 7.05 Å². The third kappa shape index (κ3) is 7.64. The Bertz CT molecular complexity index is 1390. The summed E-state index contributed by atoms with van der Waals surface area (Å²) < 4.78 is 62.6. The molecule has 0 atom stereocenters. The Morgan fingerprint density at radius 2 is 1.86 bits per heavy atom. The van der Waals surface area contributed by atoms with Gasteiger partial charge >= 0.3 is 12.3 Å². The van der Waals surface area contributed by atoms with E-state index in [1.807, 2.05) is 17.9 Å².